The average molecular weight is 307 g/mol. The van der Waals surface area contributed by atoms with Crippen LogP contribution in [0.2, 0.25) is 0 Å². The molecule has 2 aliphatic rings. The second kappa shape index (κ2) is 7.09. The Bertz CT molecular complexity index is 507. The first kappa shape index (κ1) is 14.6. The number of aliphatic hydroxyl groups is 3. The molecule has 1 aromatic carbocycles. The summed E-state index contributed by atoms with van der Waals surface area (Å²) in [4.78, 5) is 0. The largest absolute Gasteiger partial charge is 0.393 e. The molecule has 1 aromatic rings. The van der Waals surface area contributed by atoms with E-state index in [0.29, 0.717) is 25.7 Å². The molecule has 0 spiro atoms. The lowest BCUT2D eigenvalue weighted by atomic mass is 9.86. The van der Waals surface area contributed by atoms with Gasteiger partial charge in [-0.3, -0.25) is 0 Å². The van der Waals surface area contributed by atoms with Gasteiger partial charge < -0.3 is 20.1 Å². The summed E-state index contributed by atoms with van der Waals surface area (Å²) in [5, 5.41) is 30.1. The first-order valence-corrected chi connectivity index (χ1v) is 8.25. The van der Waals surface area contributed by atoms with E-state index in [-0.39, 0.29) is 24.4 Å². The van der Waals surface area contributed by atoms with Crippen LogP contribution in [0.4, 0.5) is 0 Å². The quantitative estimate of drug-likeness (QED) is 0.750. The van der Waals surface area contributed by atoms with Crippen LogP contribution in [0.25, 0.3) is 0 Å². The second-order valence-electron chi connectivity index (χ2n) is 6.64. The van der Waals surface area contributed by atoms with Crippen LogP contribution in [-0.2, 0) is 11.2 Å². The fourth-order valence-electron chi connectivity index (χ4n) is 3.91. The van der Waals surface area contributed by atoms with Crippen molar-refractivity contribution in [3.8, 4) is 0 Å². The maximum Gasteiger partial charge on any atom is 0.155 e. The van der Waals surface area contributed by atoms with Gasteiger partial charge in [-0.15, -0.1) is 0 Å². The second-order valence-corrected chi connectivity index (χ2v) is 6.64. The molecule has 1 saturated heterocycles. The summed E-state index contributed by atoms with van der Waals surface area (Å²) in [5.41, 5.74) is 1.22. The Balaban J connectivity index is 1.46. The number of benzene rings is 1. The van der Waals surface area contributed by atoms with Crippen LogP contribution < -0.4 is 0 Å². The van der Waals surface area contributed by atoms with E-state index in [1.54, 1.807) is 0 Å². The molecule has 2 fully saturated rings. The zero-order chi connectivity index (χ0) is 16.4. The number of aliphatic hydroxyl groups excluding tert-OH is 2. The number of rotatable bonds is 6. The van der Waals surface area contributed by atoms with E-state index in [1.807, 2.05) is 18.2 Å². The van der Waals surface area contributed by atoms with Gasteiger partial charge in [-0.2, -0.15) is 0 Å². The minimum atomic E-state index is -1.81. The Hall–Kier alpha value is -0.940. The number of hydrogen-bond acceptors (Lipinski definition) is 4. The molecule has 1 aliphatic heterocycles. The number of aryl methyl sites for hydroxylation is 1. The summed E-state index contributed by atoms with van der Waals surface area (Å²) in [7, 11) is 0. The van der Waals surface area contributed by atoms with Crippen molar-refractivity contribution in [3.05, 3.63) is 35.9 Å². The fraction of sp³-hybridized carbons (Fsp3) is 0.667. The molecule has 1 aliphatic carbocycles. The van der Waals surface area contributed by atoms with Gasteiger partial charge in [0.1, 0.15) is 0 Å². The molecule has 0 amide bonds. The third kappa shape index (κ3) is 3.69. The highest BCUT2D eigenvalue weighted by Crippen LogP contribution is 2.44. The summed E-state index contributed by atoms with van der Waals surface area (Å²) >= 11 is 0. The Morgan fingerprint density at radius 1 is 1.18 bits per heavy atom. The molecule has 22 heavy (non-hydrogen) atoms. The molecule has 1 heterocycles. The molecular weight excluding hydrogens is 280 g/mol. The molecule has 0 aromatic heterocycles. The van der Waals surface area contributed by atoms with E-state index < -0.39 is 18.5 Å². The smallest absolute Gasteiger partial charge is 0.155 e. The van der Waals surface area contributed by atoms with E-state index in [9.17, 15) is 15.3 Å². The third-order valence-corrected chi connectivity index (χ3v) is 5.14. The highest BCUT2D eigenvalue weighted by Gasteiger charge is 2.48. The van der Waals surface area contributed by atoms with Crippen molar-refractivity contribution < 1.29 is 21.4 Å². The van der Waals surface area contributed by atoms with E-state index in [4.69, 9.17) is 6.11 Å². The van der Waals surface area contributed by atoms with Crippen molar-refractivity contribution in [2.24, 2.45) is 11.8 Å². The lowest BCUT2D eigenvalue weighted by molar-refractivity contribution is -0.0951. The van der Waals surface area contributed by atoms with Gasteiger partial charge in [-0.05, 0) is 43.1 Å². The molecule has 0 radical (unpaired) electrons. The monoisotopic (exact) mass is 307 g/mol. The van der Waals surface area contributed by atoms with Gasteiger partial charge in [0.05, 0.1) is 19.7 Å². The van der Waals surface area contributed by atoms with E-state index >= 15 is 0 Å². The van der Waals surface area contributed by atoms with Crippen molar-refractivity contribution >= 4 is 0 Å². The normalized spacial score (nSPS) is 39.5. The highest BCUT2D eigenvalue weighted by molar-refractivity contribution is 5.14. The maximum absolute atomic E-state index is 10.2. The first-order valence-electron chi connectivity index (χ1n) is 8.75. The molecule has 4 nitrogen and oxygen atoms in total. The standard InChI is InChI=1S/C18H26O4/c19-13(7-6-12-4-2-1-3-5-12)8-9-14-15-10-18(21)22-17(15)11-16(14)20/h1-5,13-21H,6-11H2/t13-,14+,15+,16+,17-,18?/m0/s1/i18D. The molecule has 122 valence electrons. The van der Waals surface area contributed by atoms with Crippen LogP contribution in [0.3, 0.4) is 0 Å². The molecule has 3 rings (SSSR count). The maximum atomic E-state index is 10.2. The number of hydrogen-bond donors (Lipinski definition) is 3. The Morgan fingerprint density at radius 2 is 1.95 bits per heavy atom. The van der Waals surface area contributed by atoms with Crippen molar-refractivity contribution in [2.45, 2.75) is 63.1 Å². The minimum absolute atomic E-state index is 0.00532. The Labute approximate surface area is 133 Å². The Kier molecular flexibility index (Phi) is 4.72. The van der Waals surface area contributed by atoms with Crippen molar-refractivity contribution in [1.29, 1.82) is 0 Å². The van der Waals surface area contributed by atoms with Crippen LogP contribution >= 0.6 is 0 Å². The SMILES string of the molecule is [2H]C1(O)C[C@@H]2[C@@H](CC[C@@H](O)CCc3ccccc3)[C@H](O)C[C@@H]2O1. The van der Waals surface area contributed by atoms with Crippen molar-refractivity contribution in [3.63, 3.8) is 0 Å². The van der Waals surface area contributed by atoms with Gasteiger partial charge in [0, 0.05) is 12.8 Å². The molecule has 1 saturated carbocycles. The summed E-state index contributed by atoms with van der Waals surface area (Å²) in [6.07, 6.45) is 0.748. The zero-order valence-corrected chi connectivity index (χ0v) is 12.8. The van der Waals surface area contributed by atoms with Crippen LogP contribution in [0.1, 0.15) is 39.0 Å². The van der Waals surface area contributed by atoms with Crippen molar-refractivity contribution in [1.82, 2.24) is 0 Å². The van der Waals surface area contributed by atoms with Gasteiger partial charge in [-0.1, -0.05) is 30.3 Å². The van der Waals surface area contributed by atoms with E-state index in [0.717, 1.165) is 6.42 Å². The zero-order valence-electron chi connectivity index (χ0n) is 13.8. The Morgan fingerprint density at radius 3 is 2.73 bits per heavy atom. The topological polar surface area (TPSA) is 69.9 Å². The number of ether oxygens (including phenoxy) is 1. The summed E-state index contributed by atoms with van der Waals surface area (Å²) in [6.45, 7) is 0. The molecule has 1 unspecified atom stereocenters. The number of fused-ring (bicyclic) bond motifs is 1. The van der Waals surface area contributed by atoms with Crippen LogP contribution in [0.5, 0.6) is 0 Å². The summed E-state index contributed by atoms with van der Waals surface area (Å²) in [6, 6.07) is 10.1. The molecule has 6 atom stereocenters. The molecular formula is C18H26O4. The van der Waals surface area contributed by atoms with Crippen LogP contribution in [-0.4, -0.2) is 39.9 Å². The molecule has 0 bridgehead atoms. The molecule has 4 heteroatoms. The lowest BCUT2D eigenvalue weighted by Gasteiger charge is -2.21. The highest BCUT2D eigenvalue weighted by atomic mass is 16.6. The van der Waals surface area contributed by atoms with E-state index in [1.165, 1.54) is 5.56 Å². The fourth-order valence-corrected chi connectivity index (χ4v) is 3.91. The van der Waals surface area contributed by atoms with Gasteiger partial charge in [0.25, 0.3) is 0 Å². The van der Waals surface area contributed by atoms with Crippen molar-refractivity contribution in [2.75, 3.05) is 0 Å². The van der Waals surface area contributed by atoms with Gasteiger partial charge in [0.15, 0.2) is 6.27 Å². The lowest BCUT2D eigenvalue weighted by Crippen LogP contribution is -2.22. The molecule has 3 N–H and O–H groups in total. The third-order valence-electron chi connectivity index (χ3n) is 5.14. The van der Waals surface area contributed by atoms with E-state index in [2.05, 4.69) is 12.1 Å². The summed E-state index contributed by atoms with van der Waals surface area (Å²) in [5.74, 6) is 0.0274. The van der Waals surface area contributed by atoms with Gasteiger partial charge in [-0.25, -0.2) is 0 Å². The predicted molar refractivity (Wildman–Crippen MR) is 83.1 cm³/mol. The van der Waals surface area contributed by atoms with Crippen LogP contribution in [0, 0.1) is 11.8 Å². The average Bonchev–Trinajstić information content (AvgIpc) is 2.94. The predicted octanol–water partition coefficient (Wildman–Crippen LogP) is 1.86. The minimum Gasteiger partial charge on any atom is -0.393 e. The van der Waals surface area contributed by atoms with Gasteiger partial charge in [0.2, 0.25) is 0 Å². The first-order chi connectivity index (χ1) is 10.9. The summed E-state index contributed by atoms with van der Waals surface area (Å²) < 4.78 is 12.9. The van der Waals surface area contributed by atoms with Gasteiger partial charge >= 0.3 is 0 Å². The van der Waals surface area contributed by atoms with Crippen LogP contribution in [0.15, 0.2) is 30.3 Å².